The minimum absolute atomic E-state index is 1.09. The van der Waals surface area contributed by atoms with E-state index in [1.54, 1.807) is 0 Å². The Morgan fingerprint density at radius 2 is 1.26 bits per heavy atom. The summed E-state index contributed by atoms with van der Waals surface area (Å²) in [5.74, 6) is 0. The van der Waals surface area contributed by atoms with Crippen molar-refractivity contribution >= 4 is 49.9 Å². The Balaban J connectivity index is 1.88. The smallest absolute Gasteiger partial charge is 0.0387 e. The first-order valence-corrected chi connectivity index (χ1v) is 14.4. The van der Waals surface area contributed by atoms with E-state index >= 15 is 0 Å². The van der Waals surface area contributed by atoms with E-state index in [0.29, 0.717) is 0 Å². The van der Waals surface area contributed by atoms with E-state index in [1.165, 1.54) is 59.1 Å². The number of hydrogen-bond donors (Lipinski definition) is 0. The van der Waals surface area contributed by atoms with Crippen molar-refractivity contribution in [1.82, 2.24) is 0 Å². The van der Waals surface area contributed by atoms with Crippen molar-refractivity contribution in [1.29, 1.82) is 0 Å². The van der Waals surface area contributed by atoms with Crippen molar-refractivity contribution in [2.24, 2.45) is 0 Å². The van der Waals surface area contributed by atoms with Gasteiger partial charge in [0.05, 0.1) is 0 Å². The van der Waals surface area contributed by atoms with Gasteiger partial charge in [0.2, 0.25) is 0 Å². The molecule has 0 N–H and O–H groups in total. The van der Waals surface area contributed by atoms with Gasteiger partial charge in [-0.2, -0.15) is 0 Å². The molecule has 3 aromatic carbocycles. The highest BCUT2D eigenvalue weighted by Crippen LogP contribution is 2.39. The quantitative estimate of drug-likeness (QED) is 0.200. The number of fused-ring (bicyclic) bond motifs is 2. The van der Waals surface area contributed by atoms with Gasteiger partial charge in [-0.05, 0) is 126 Å². The minimum atomic E-state index is 1.09. The third-order valence-electron chi connectivity index (χ3n) is 7.55. The molecule has 1 heteroatoms. The molecule has 0 unspecified atom stereocenters. The zero-order chi connectivity index (χ0) is 28.1. The predicted octanol–water partition coefficient (Wildman–Crippen LogP) is 11.7. The Morgan fingerprint density at radius 3 is 1.79 bits per heavy atom. The van der Waals surface area contributed by atoms with Gasteiger partial charge < -0.3 is 0 Å². The largest absolute Gasteiger partial charge is 0.135 e. The van der Waals surface area contributed by atoms with E-state index in [4.69, 9.17) is 0 Å². The first kappa shape index (κ1) is 28.1. The first-order chi connectivity index (χ1) is 18.9. The van der Waals surface area contributed by atoms with Crippen LogP contribution in [0.2, 0.25) is 0 Å². The maximum atomic E-state index is 4.22. The molecule has 196 valence electrons. The fourth-order valence-corrected chi connectivity index (χ4v) is 6.73. The Kier molecular flexibility index (Phi) is 8.84. The standard InChI is InChI=1S/C38H38S/c1-9-18-32-25(6)33-19-14-15-20-34(33)26(7)36(32)24-29(11-3)28(10-2)23-30(12-4)31(13-5)38-27(8)35-21-16-17-22-37(35)39-38/h9-24H,3-4H2,1-2,5-8H3/b18-9-,28-10+,29-24+,30-23+,31-13-. The fourth-order valence-electron chi connectivity index (χ4n) is 5.42. The van der Waals surface area contributed by atoms with Gasteiger partial charge >= 0.3 is 0 Å². The SMILES string of the molecule is C=CC(=C\C(=C/C)C(\C=C)=C\c1c(/C=C\C)c(C)c2ccccc2c1C)/C(=C/C)c1sc2ccccc2c1C. The van der Waals surface area contributed by atoms with Gasteiger partial charge in [-0.1, -0.05) is 92.1 Å². The van der Waals surface area contributed by atoms with Crippen LogP contribution < -0.4 is 0 Å². The zero-order valence-electron chi connectivity index (χ0n) is 24.1. The molecular formula is C38H38S. The summed E-state index contributed by atoms with van der Waals surface area (Å²) >= 11 is 1.85. The highest BCUT2D eigenvalue weighted by atomic mass is 32.1. The van der Waals surface area contributed by atoms with Crippen molar-refractivity contribution in [3.63, 3.8) is 0 Å². The van der Waals surface area contributed by atoms with E-state index in [9.17, 15) is 0 Å². The summed E-state index contributed by atoms with van der Waals surface area (Å²) in [7, 11) is 0. The Labute approximate surface area is 238 Å². The maximum absolute atomic E-state index is 4.22. The van der Waals surface area contributed by atoms with E-state index < -0.39 is 0 Å². The van der Waals surface area contributed by atoms with Gasteiger partial charge in [-0.25, -0.2) is 0 Å². The molecule has 0 spiro atoms. The summed E-state index contributed by atoms with van der Waals surface area (Å²) in [5.41, 5.74) is 10.9. The summed E-state index contributed by atoms with van der Waals surface area (Å²) in [6, 6.07) is 17.3. The molecule has 0 fully saturated rings. The minimum Gasteiger partial charge on any atom is -0.135 e. The normalized spacial score (nSPS) is 13.6. The van der Waals surface area contributed by atoms with Gasteiger partial charge in [0.25, 0.3) is 0 Å². The molecular weight excluding hydrogens is 488 g/mol. The molecule has 0 saturated heterocycles. The van der Waals surface area contributed by atoms with Crippen LogP contribution in [0.3, 0.4) is 0 Å². The third kappa shape index (κ3) is 5.33. The lowest BCUT2D eigenvalue weighted by molar-refractivity contribution is 1.40. The summed E-state index contributed by atoms with van der Waals surface area (Å²) in [6.07, 6.45) is 17.2. The fraction of sp³-hybridized carbons (Fsp3) is 0.158. The van der Waals surface area contributed by atoms with Gasteiger partial charge in [0.1, 0.15) is 0 Å². The van der Waals surface area contributed by atoms with Crippen LogP contribution in [0.4, 0.5) is 0 Å². The summed E-state index contributed by atoms with van der Waals surface area (Å²) in [6.45, 7) is 21.4. The predicted molar refractivity (Wildman–Crippen MR) is 179 cm³/mol. The zero-order valence-corrected chi connectivity index (χ0v) is 24.9. The van der Waals surface area contributed by atoms with Crippen LogP contribution in [0.5, 0.6) is 0 Å². The summed E-state index contributed by atoms with van der Waals surface area (Å²) in [4.78, 5) is 1.29. The highest BCUT2D eigenvalue weighted by molar-refractivity contribution is 7.20. The van der Waals surface area contributed by atoms with Crippen LogP contribution >= 0.6 is 11.3 Å². The molecule has 0 amide bonds. The number of rotatable bonds is 8. The third-order valence-corrected chi connectivity index (χ3v) is 8.86. The van der Waals surface area contributed by atoms with Crippen LogP contribution in [0.25, 0.3) is 38.6 Å². The van der Waals surface area contributed by atoms with Crippen molar-refractivity contribution in [2.45, 2.75) is 41.5 Å². The lowest BCUT2D eigenvalue weighted by atomic mass is 9.87. The van der Waals surface area contributed by atoms with E-state index in [-0.39, 0.29) is 0 Å². The molecule has 0 bridgehead atoms. The average molecular weight is 527 g/mol. The second-order valence-electron chi connectivity index (χ2n) is 9.73. The second-order valence-corrected chi connectivity index (χ2v) is 10.8. The number of benzene rings is 3. The van der Waals surface area contributed by atoms with E-state index in [0.717, 1.165) is 16.7 Å². The van der Waals surface area contributed by atoms with Crippen LogP contribution in [0.15, 0.2) is 115 Å². The van der Waals surface area contributed by atoms with Crippen molar-refractivity contribution in [3.8, 4) is 0 Å². The lowest BCUT2D eigenvalue weighted by Gasteiger charge is -2.17. The van der Waals surface area contributed by atoms with Gasteiger partial charge in [0.15, 0.2) is 0 Å². The molecule has 39 heavy (non-hydrogen) atoms. The maximum Gasteiger partial charge on any atom is 0.0387 e. The Bertz CT molecular complexity index is 1720. The topological polar surface area (TPSA) is 0 Å². The Morgan fingerprint density at radius 1 is 0.667 bits per heavy atom. The van der Waals surface area contributed by atoms with Crippen molar-refractivity contribution in [3.05, 3.63) is 148 Å². The van der Waals surface area contributed by atoms with Gasteiger partial charge in [-0.15, -0.1) is 11.3 Å². The number of hydrogen-bond acceptors (Lipinski definition) is 1. The molecule has 1 aromatic heterocycles. The van der Waals surface area contributed by atoms with Crippen LogP contribution in [-0.2, 0) is 0 Å². The Hall–Kier alpha value is -3.94. The number of aryl methyl sites for hydroxylation is 3. The molecule has 0 atom stereocenters. The summed E-state index contributed by atoms with van der Waals surface area (Å²) < 4.78 is 1.31. The van der Waals surface area contributed by atoms with E-state index in [1.807, 2.05) is 23.5 Å². The van der Waals surface area contributed by atoms with Gasteiger partial charge in [0, 0.05) is 9.58 Å². The number of thiophene rings is 1. The molecule has 0 saturated carbocycles. The summed E-state index contributed by atoms with van der Waals surface area (Å²) in [5, 5.41) is 3.91. The average Bonchev–Trinajstić information content (AvgIpc) is 3.30. The molecule has 0 nitrogen and oxygen atoms in total. The number of allylic oxidation sites excluding steroid dienone is 10. The molecule has 0 aliphatic rings. The monoisotopic (exact) mass is 526 g/mol. The van der Waals surface area contributed by atoms with Crippen molar-refractivity contribution in [2.75, 3.05) is 0 Å². The van der Waals surface area contributed by atoms with Crippen LogP contribution in [0.1, 0.15) is 53.5 Å². The van der Waals surface area contributed by atoms with Gasteiger partial charge in [-0.3, -0.25) is 0 Å². The first-order valence-electron chi connectivity index (χ1n) is 13.5. The molecule has 0 aliphatic carbocycles. The second kappa shape index (κ2) is 12.3. The molecule has 1 heterocycles. The molecule has 4 rings (SSSR count). The molecule has 0 aliphatic heterocycles. The molecule has 4 aromatic rings. The van der Waals surface area contributed by atoms with Crippen LogP contribution in [0, 0.1) is 20.8 Å². The van der Waals surface area contributed by atoms with E-state index in [2.05, 4.69) is 140 Å². The highest BCUT2D eigenvalue weighted by Gasteiger charge is 2.16. The lowest BCUT2D eigenvalue weighted by Crippen LogP contribution is -1.96. The van der Waals surface area contributed by atoms with Crippen LogP contribution in [-0.4, -0.2) is 0 Å². The van der Waals surface area contributed by atoms with Crippen molar-refractivity contribution < 1.29 is 0 Å². The molecule has 0 radical (unpaired) electrons.